The molecule has 0 atom stereocenters. The number of piperidine rings is 1. The van der Waals surface area contributed by atoms with Crippen molar-refractivity contribution in [3.63, 3.8) is 0 Å². The van der Waals surface area contributed by atoms with Gasteiger partial charge in [0.25, 0.3) is 0 Å². The van der Waals surface area contributed by atoms with Gasteiger partial charge in [-0.3, -0.25) is 0 Å². The zero-order chi connectivity index (χ0) is 10.4. The van der Waals surface area contributed by atoms with Crippen molar-refractivity contribution in [1.82, 2.24) is 4.90 Å². The van der Waals surface area contributed by atoms with Gasteiger partial charge in [-0.2, -0.15) is 0 Å². The van der Waals surface area contributed by atoms with Crippen LogP contribution in [0.2, 0.25) is 0 Å². The van der Waals surface area contributed by atoms with Crippen molar-refractivity contribution in [1.29, 1.82) is 0 Å². The highest BCUT2D eigenvalue weighted by Crippen LogP contribution is 2.28. The van der Waals surface area contributed by atoms with E-state index in [0.717, 1.165) is 0 Å². The molecule has 1 nitrogen and oxygen atoms in total. The van der Waals surface area contributed by atoms with E-state index >= 15 is 0 Å². The van der Waals surface area contributed by atoms with Crippen molar-refractivity contribution in [2.45, 2.75) is 46.0 Å². The molecule has 0 N–H and O–H groups in total. The summed E-state index contributed by atoms with van der Waals surface area (Å²) >= 11 is 3.48. The Morgan fingerprint density at radius 1 is 1.21 bits per heavy atom. The molecule has 1 heterocycles. The second kappa shape index (κ2) is 6.12. The molecule has 1 aliphatic rings. The van der Waals surface area contributed by atoms with Gasteiger partial charge in [0.05, 0.1) is 0 Å². The Bertz CT molecular complexity index is 156. The Morgan fingerprint density at radius 2 is 2.00 bits per heavy atom. The molecule has 0 radical (unpaired) electrons. The van der Waals surface area contributed by atoms with Crippen LogP contribution in [0.15, 0.2) is 0 Å². The van der Waals surface area contributed by atoms with Gasteiger partial charge < -0.3 is 4.90 Å². The number of unbranched alkanes of at least 4 members (excludes halogenated alkanes) is 2. The molecule has 0 bridgehead atoms. The molecule has 1 rings (SSSR count). The number of rotatable bonds is 5. The monoisotopic (exact) mass is 261 g/mol. The van der Waals surface area contributed by atoms with Crippen LogP contribution in [0.25, 0.3) is 0 Å². The Labute approximate surface area is 97.4 Å². The van der Waals surface area contributed by atoms with Gasteiger partial charge >= 0.3 is 0 Å². The third-order valence-corrected chi connectivity index (χ3v) is 3.65. The highest BCUT2D eigenvalue weighted by Gasteiger charge is 2.25. The molecule has 1 aliphatic heterocycles. The lowest BCUT2D eigenvalue weighted by Crippen LogP contribution is -2.40. The lowest BCUT2D eigenvalue weighted by atomic mass is 9.84. The SMILES string of the molecule is CC1(C)CCCN(CCCCCBr)C1. The molecule has 0 saturated carbocycles. The molecular weight excluding hydrogens is 238 g/mol. The molecule has 0 aliphatic carbocycles. The first-order valence-electron chi connectivity index (χ1n) is 5.92. The highest BCUT2D eigenvalue weighted by atomic mass is 79.9. The van der Waals surface area contributed by atoms with E-state index in [1.807, 2.05) is 0 Å². The Balaban J connectivity index is 2.12. The summed E-state index contributed by atoms with van der Waals surface area (Å²) in [6, 6.07) is 0. The minimum absolute atomic E-state index is 0.563. The predicted molar refractivity (Wildman–Crippen MR) is 67.1 cm³/mol. The molecule has 1 saturated heterocycles. The maximum Gasteiger partial charge on any atom is 0.00327 e. The van der Waals surface area contributed by atoms with Crippen LogP contribution in [-0.2, 0) is 0 Å². The van der Waals surface area contributed by atoms with E-state index in [1.165, 1.54) is 57.1 Å². The lowest BCUT2D eigenvalue weighted by Gasteiger charge is -2.38. The summed E-state index contributed by atoms with van der Waals surface area (Å²) in [7, 11) is 0. The minimum atomic E-state index is 0.563. The zero-order valence-electron chi connectivity index (χ0n) is 9.69. The fraction of sp³-hybridized carbons (Fsp3) is 1.00. The summed E-state index contributed by atoms with van der Waals surface area (Å²) < 4.78 is 0. The maximum absolute atomic E-state index is 3.48. The van der Waals surface area contributed by atoms with Gasteiger partial charge in [0.1, 0.15) is 0 Å². The Kier molecular flexibility index (Phi) is 5.47. The second-order valence-corrected chi connectivity index (χ2v) is 6.09. The van der Waals surface area contributed by atoms with Crippen molar-refractivity contribution >= 4 is 15.9 Å². The summed E-state index contributed by atoms with van der Waals surface area (Å²) in [5, 5.41) is 1.17. The van der Waals surface area contributed by atoms with Crippen LogP contribution in [0.5, 0.6) is 0 Å². The average Bonchev–Trinajstić information content (AvgIpc) is 2.11. The summed E-state index contributed by atoms with van der Waals surface area (Å²) in [5.74, 6) is 0. The molecule has 2 heteroatoms. The maximum atomic E-state index is 3.48. The van der Waals surface area contributed by atoms with E-state index in [2.05, 4.69) is 34.7 Å². The van der Waals surface area contributed by atoms with Gasteiger partial charge in [0.2, 0.25) is 0 Å². The van der Waals surface area contributed by atoms with Gasteiger partial charge in [-0.1, -0.05) is 36.2 Å². The van der Waals surface area contributed by atoms with Gasteiger partial charge in [0, 0.05) is 11.9 Å². The van der Waals surface area contributed by atoms with Crippen molar-refractivity contribution in [3.05, 3.63) is 0 Å². The van der Waals surface area contributed by atoms with Crippen LogP contribution in [-0.4, -0.2) is 29.9 Å². The normalized spacial score (nSPS) is 22.5. The number of alkyl halides is 1. The van der Waals surface area contributed by atoms with Crippen molar-refractivity contribution in [3.8, 4) is 0 Å². The van der Waals surface area contributed by atoms with Crippen molar-refractivity contribution in [2.75, 3.05) is 25.0 Å². The molecule has 0 amide bonds. The van der Waals surface area contributed by atoms with Crippen LogP contribution in [0.1, 0.15) is 46.0 Å². The van der Waals surface area contributed by atoms with E-state index in [9.17, 15) is 0 Å². The molecule has 84 valence electrons. The Morgan fingerprint density at radius 3 is 2.64 bits per heavy atom. The smallest absolute Gasteiger partial charge is 0.00327 e. The van der Waals surface area contributed by atoms with Crippen LogP contribution >= 0.6 is 15.9 Å². The summed E-state index contributed by atoms with van der Waals surface area (Å²) in [6.07, 6.45) is 6.89. The fourth-order valence-corrected chi connectivity index (χ4v) is 2.74. The van der Waals surface area contributed by atoms with Crippen molar-refractivity contribution in [2.24, 2.45) is 5.41 Å². The fourth-order valence-electron chi connectivity index (χ4n) is 2.34. The van der Waals surface area contributed by atoms with Gasteiger partial charge in [0.15, 0.2) is 0 Å². The van der Waals surface area contributed by atoms with Gasteiger partial charge in [-0.25, -0.2) is 0 Å². The number of likely N-dealkylation sites (tertiary alicyclic amines) is 1. The van der Waals surface area contributed by atoms with E-state index in [-0.39, 0.29) is 0 Å². The zero-order valence-corrected chi connectivity index (χ0v) is 11.3. The van der Waals surface area contributed by atoms with E-state index in [0.29, 0.717) is 5.41 Å². The van der Waals surface area contributed by atoms with Crippen LogP contribution in [0.4, 0.5) is 0 Å². The van der Waals surface area contributed by atoms with E-state index in [1.54, 1.807) is 0 Å². The third-order valence-electron chi connectivity index (χ3n) is 3.09. The van der Waals surface area contributed by atoms with Crippen molar-refractivity contribution < 1.29 is 0 Å². The van der Waals surface area contributed by atoms with Crippen LogP contribution < -0.4 is 0 Å². The van der Waals surface area contributed by atoms with E-state index in [4.69, 9.17) is 0 Å². The highest BCUT2D eigenvalue weighted by molar-refractivity contribution is 9.09. The number of halogens is 1. The average molecular weight is 262 g/mol. The van der Waals surface area contributed by atoms with Gasteiger partial charge in [-0.15, -0.1) is 0 Å². The third kappa shape index (κ3) is 4.79. The molecule has 1 fully saturated rings. The first-order valence-corrected chi connectivity index (χ1v) is 7.04. The Hall–Kier alpha value is 0.440. The predicted octanol–water partition coefficient (Wildman–Crippen LogP) is 3.67. The quantitative estimate of drug-likeness (QED) is 0.539. The molecule has 14 heavy (non-hydrogen) atoms. The van der Waals surface area contributed by atoms with Crippen LogP contribution in [0.3, 0.4) is 0 Å². The van der Waals surface area contributed by atoms with Crippen LogP contribution in [0, 0.1) is 5.41 Å². The minimum Gasteiger partial charge on any atom is -0.303 e. The first kappa shape index (κ1) is 12.5. The molecular formula is C12H24BrN. The summed E-state index contributed by atoms with van der Waals surface area (Å²) in [4.78, 5) is 2.65. The summed E-state index contributed by atoms with van der Waals surface area (Å²) in [5.41, 5.74) is 0.563. The number of hydrogen-bond donors (Lipinski definition) is 0. The number of nitrogens with zero attached hydrogens (tertiary/aromatic N) is 1. The first-order chi connectivity index (χ1) is 6.64. The molecule has 0 aromatic carbocycles. The molecule has 0 aromatic heterocycles. The summed E-state index contributed by atoms with van der Waals surface area (Å²) in [6.45, 7) is 8.75. The second-order valence-electron chi connectivity index (χ2n) is 5.29. The molecule has 0 aromatic rings. The van der Waals surface area contributed by atoms with Gasteiger partial charge in [-0.05, 0) is 44.2 Å². The largest absolute Gasteiger partial charge is 0.303 e. The standard InChI is InChI=1S/C12H24BrN/c1-12(2)7-6-10-14(11-12)9-5-3-4-8-13/h3-11H2,1-2H3. The number of hydrogen-bond acceptors (Lipinski definition) is 1. The van der Waals surface area contributed by atoms with E-state index < -0.39 is 0 Å². The lowest BCUT2D eigenvalue weighted by molar-refractivity contribution is 0.116. The molecule has 0 spiro atoms. The topological polar surface area (TPSA) is 3.24 Å². The molecule has 0 unspecified atom stereocenters.